The summed E-state index contributed by atoms with van der Waals surface area (Å²) < 4.78 is 38.3. The zero-order valence-corrected chi connectivity index (χ0v) is 10.5. The molecule has 4 heteroatoms. The van der Waals surface area contributed by atoms with Gasteiger partial charge in [0.15, 0.2) is 5.60 Å². The second-order valence-corrected chi connectivity index (χ2v) is 4.62. The number of aliphatic hydroxyl groups is 1. The molecule has 0 saturated carbocycles. The molecule has 0 aromatic heterocycles. The first-order valence-electron chi connectivity index (χ1n) is 6.22. The Hall–Kier alpha value is -1.03. The minimum absolute atomic E-state index is 0.231. The van der Waals surface area contributed by atoms with Gasteiger partial charge in [-0.2, -0.15) is 13.2 Å². The Kier molecular flexibility index (Phi) is 5.20. The van der Waals surface area contributed by atoms with Crippen LogP contribution >= 0.6 is 0 Å². The Morgan fingerprint density at radius 1 is 1.06 bits per heavy atom. The lowest BCUT2D eigenvalue weighted by Crippen LogP contribution is -2.45. The van der Waals surface area contributed by atoms with E-state index in [-0.39, 0.29) is 12.8 Å². The van der Waals surface area contributed by atoms with Crippen LogP contribution in [0.1, 0.15) is 38.2 Å². The molecule has 1 aromatic carbocycles. The van der Waals surface area contributed by atoms with Crippen molar-refractivity contribution in [2.75, 3.05) is 0 Å². The van der Waals surface area contributed by atoms with Crippen molar-refractivity contribution >= 4 is 0 Å². The van der Waals surface area contributed by atoms with Crippen molar-refractivity contribution in [1.29, 1.82) is 0 Å². The van der Waals surface area contributed by atoms with E-state index in [0.717, 1.165) is 5.56 Å². The summed E-state index contributed by atoms with van der Waals surface area (Å²) in [6, 6.07) is 9.35. The molecule has 0 radical (unpaired) electrons. The molecule has 1 atom stereocenters. The van der Waals surface area contributed by atoms with Crippen LogP contribution in [0.5, 0.6) is 0 Å². The van der Waals surface area contributed by atoms with Crippen LogP contribution in [0.25, 0.3) is 0 Å². The van der Waals surface area contributed by atoms with Crippen LogP contribution in [-0.2, 0) is 6.42 Å². The molecule has 18 heavy (non-hydrogen) atoms. The quantitative estimate of drug-likeness (QED) is 0.816. The van der Waals surface area contributed by atoms with Crippen LogP contribution in [0.2, 0.25) is 0 Å². The predicted molar refractivity (Wildman–Crippen MR) is 65.3 cm³/mol. The second-order valence-electron chi connectivity index (χ2n) is 4.62. The third kappa shape index (κ3) is 4.02. The Morgan fingerprint density at radius 2 is 1.67 bits per heavy atom. The van der Waals surface area contributed by atoms with E-state index >= 15 is 0 Å². The van der Waals surface area contributed by atoms with Gasteiger partial charge in [-0.3, -0.25) is 0 Å². The number of benzene rings is 1. The number of hydrogen-bond donors (Lipinski definition) is 1. The van der Waals surface area contributed by atoms with Crippen LogP contribution in [0.4, 0.5) is 13.2 Å². The van der Waals surface area contributed by atoms with E-state index < -0.39 is 11.8 Å². The van der Waals surface area contributed by atoms with E-state index in [2.05, 4.69) is 0 Å². The molecule has 0 aliphatic rings. The highest BCUT2D eigenvalue weighted by molar-refractivity contribution is 5.14. The second kappa shape index (κ2) is 6.23. The fourth-order valence-corrected chi connectivity index (χ4v) is 2.05. The molecule has 0 spiro atoms. The number of hydrogen-bond acceptors (Lipinski definition) is 1. The van der Waals surface area contributed by atoms with E-state index in [1.165, 1.54) is 0 Å². The molecular weight excluding hydrogens is 241 g/mol. The first-order chi connectivity index (χ1) is 8.39. The van der Waals surface area contributed by atoms with Crippen molar-refractivity contribution in [1.82, 2.24) is 0 Å². The van der Waals surface area contributed by atoms with Gasteiger partial charge in [0.05, 0.1) is 0 Å². The van der Waals surface area contributed by atoms with Crippen LogP contribution in [0, 0.1) is 0 Å². The summed E-state index contributed by atoms with van der Waals surface area (Å²) in [5, 5.41) is 9.70. The molecule has 1 rings (SSSR count). The van der Waals surface area contributed by atoms with Gasteiger partial charge in [-0.05, 0) is 31.2 Å². The summed E-state index contributed by atoms with van der Waals surface area (Å²) in [6.07, 6.45) is -3.80. The predicted octanol–water partition coefficient (Wildman–Crippen LogP) is 4.10. The average Bonchev–Trinajstić information content (AvgIpc) is 2.29. The largest absolute Gasteiger partial charge is 0.417 e. The lowest BCUT2D eigenvalue weighted by molar-refractivity contribution is -0.265. The molecule has 0 aliphatic carbocycles. The maximum absolute atomic E-state index is 12.8. The molecule has 1 nitrogen and oxygen atoms in total. The Bertz CT molecular complexity index is 348. The lowest BCUT2D eigenvalue weighted by atomic mass is 9.90. The van der Waals surface area contributed by atoms with Crippen LogP contribution < -0.4 is 0 Å². The summed E-state index contributed by atoms with van der Waals surface area (Å²) >= 11 is 0. The van der Waals surface area contributed by atoms with Crippen molar-refractivity contribution in [3.05, 3.63) is 35.9 Å². The van der Waals surface area contributed by atoms with E-state index in [9.17, 15) is 18.3 Å². The Labute approximate surface area is 106 Å². The van der Waals surface area contributed by atoms with Gasteiger partial charge in [0.2, 0.25) is 0 Å². The highest BCUT2D eigenvalue weighted by Gasteiger charge is 2.51. The zero-order chi connectivity index (χ0) is 13.6. The van der Waals surface area contributed by atoms with Gasteiger partial charge in [-0.25, -0.2) is 0 Å². The smallest absolute Gasteiger partial charge is 0.380 e. The van der Waals surface area contributed by atoms with Crippen LogP contribution in [-0.4, -0.2) is 16.9 Å². The number of alkyl halides is 3. The van der Waals surface area contributed by atoms with Gasteiger partial charge in [0, 0.05) is 0 Å². The number of halogens is 3. The van der Waals surface area contributed by atoms with Crippen molar-refractivity contribution < 1.29 is 18.3 Å². The maximum Gasteiger partial charge on any atom is 0.417 e. The summed E-state index contributed by atoms with van der Waals surface area (Å²) in [7, 11) is 0. The topological polar surface area (TPSA) is 20.2 Å². The molecule has 1 aromatic rings. The molecule has 0 bridgehead atoms. The molecule has 0 amide bonds. The number of aryl methyl sites for hydroxylation is 1. The first-order valence-corrected chi connectivity index (χ1v) is 6.22. The Morgan fingerprint density at radius 3 is 2.17 bits per heavy atom. The summed E-state index contributed by atoms with van der Waals surface area (Å²) in [6.45, 7) is 1.65. The van der Waals surface area contributed by atoms with Gasteiger partial charge in [-0.1, -0.05) is 43.7 Å². The van der Waals surface area contributed by atoms with E-state index in [4.69, 9.17) is 0 Å². The minimum Gasteiger partial charge on any atom is -0.380 e. The van der Waals surface area contributed by atoms with E-state index in [1.54, 1.807) is 6.92 Å². The normalized spacial score (nSPS) is 15.4. The Balaban J connectivity index is 2.53. The molecule has 0 saturated heterocycles. The van der Waals surface area contributed by atoms with Crippen molar-refractivity contribution in [3.63, 3.8) is 0 Å². The SMILES string of the molecule is CCCC(O)(CCCc1ccccc1)C(F)(F)F. The summed E-state index contributed by atoms with van der Waals surface area (Å²) in [5.74, 6) is 0. The monoisotopic (exact) mass is 260 g/mol. The van der Waals surface area contributed by atoms with Gasteiger partial charge >= 0.3 is 6.18 Å². The van der Waals surface area contributed by atoms with Gasteiger partial charge in [-0.15, -0.1) is 0 Å². The van der Waals surface area contributed by atoms with Gasteiger partial charge in [0.25, 0.3) is 0 Å². The molecule has 0 heterocycles. The molecule has 0 fully saturated rings. The van der Waals surface area contributed by atoms with Crippen LogP contribution in [0.15, 0.2) is 30.3 Å². The minimum atomic E-state index is -4.54. The summed E-state index contributed by atoms with van der Waals surface area (Å²) in [5.41, 5.74) is -1.53. The third-order valence-electron chi connectivity index (χ3n) is 3.09. The van der Waals surface area contributed by atoms with Crippen molar-refractivity contribution in [3.8, 4) is 0 Å². The fourth-order valence-electron chi connectivity index (χ4n) is 2.05. The van der Waals surface area contributed by atoms with E-state index in [0.29, 0.717) is 19.3 Å². The molecule has 1 N–H and O–H groups in total. The number of rotatable bonds is 6. The molecule has 1 unspecified atom stereocenters. The highest BCUT2D eigenvalue weighted by atomic mass is 19.4. The standard InChI is InChI=1S/C14H19F3O/c1-2-10-13(18,14(15,16)17)11-6-9-12-7-4-3-5-8-12/h3-5,7-8,18H,2,6,9-11H2,1H3. The van der Waals surface area contributed by atoms with Crippen molar-refractivity contribution in [2.24, 2.45) is 0 Å². The molecule has 102 valence electrons. The molecule has 0 aliphatic heterocycles. The van der Waals surface area contributed by atoms with E-state index in [1.807, 2.05) is 30.3 Å². The van der Waals surface area contributed by atoms with Gasteiger partial charge in [0.1, 0.15) is 0 Å². The summed E-state index contributed by atoms with van der Waals surface area (Å²) in [4.78, 5) is 0. The average molecular weight is 260 g/mol. The lowest BCUT2D eigenvalue weighted by Gasteiger charge is -2.30. The fraction of sp³-hybridized carbons (Fsp3) is 0.571. The van der Waals surface area contributed by atoms with Crippen LogP contribution in [0.3, 0.4) is 0 Å². The molecular formula is C14H19F3O. The maximum atomic E-state index is 12.8. The van der Waals surface area contributed by atoms with Gasteiger partial charge < -0.3 is 5.11 Å². The van der Waals surface area contributed by atoms with Crippen molar-refractivity contribution in [2.45, 2.75) is 50.8 Å². The first kappa shape index (κ1) is 15.0. The third-order valence-corrected chi connectivity index (χ3v) is 3.09. The highest BCUT2D eigenvalue weighted by Crippen LogP contribution is 2.37. The zero-order valence-electron chi connectivity index (χ0n) is 10.5.